The first-order valence-electron chi connectivity index (χ1n) is 5.49. The van der Waals surface area contributed by atoms with Gasteiger partial charge in [-0.05, 0) is 30.7 Å². The summed E-state index contributed by atoms with van der Waals surface area (Å²) in [7, 11) is 1.90. The summed E-state index contributed by atoms with van der Waals surface area (Å²) in [5.74, 6) is 0. The van der Waals surface area contributed by atoms with Gasteiger partial charge in [0.05, 0.1) is 11.8 Å². The van der Waals surface area contributed by atoms with Crippen molar-refractivity contribution in [3.05, 3.63) is 51.8 Å². The largest absolute Gasteiger partial charge is 0.388 e. The Morgan fingerprint density at radius 2 is 2.00 bits per heavy atom. The lowest BCUT2D eigenvalue weighted by atomic mass is 10.1. The molecule has 90 valence electrons. The number of aromatic nitrogens is 2. The van der Waals surface area contributed by atoms with E-state index in [-0.39, 0.29) is 0 Å². The highest BCUT2D eigenvalue weighted by molar-refractivity contribution is 9.10. The Morgan fingerprint density at radius 3 is 2.53 bits per heavy atom. The molecule has 1 atom stereocenters. The Labute approximate surface area is 109 Å². The zero-order valence-electron chi connectivity index (χ0n) is 9.89. The van der Waals surface area contributed by atoms with Gasteiger partial charge < -0.3 is 5.11 Å². The first-order valence-corrected chi connectivity index (χ1v) is 6.28. The summed E-state index contributed by atoms with van der Waals surface area (Å²) in [6, 6.07) is 9.73. The molecule has 0 amide bonds. The molecule has 0 fully saturated rings. The second-order valence-corrected chi connectivity index (χ2v) is 5.09. The highest BCUT2D eigenvalue weighted by Crippen LogP contribution is 2.20. The summed E-state index contributed by atoms with van der Waals surface area (Å²) in [6.45, 7) is 1.95. The minimum Gasteiger partial charge on any atom is -0.388 e. The summed E-state index contributed by atoms with van der Waals surface area (Å²) in [5.41, 5.74) is 2.94. The van der Waals surface area contributed by atoms with E-state index in [9.17, 15) is 5.11 Å². The van der Waals surface area contributed by atoms with E-state index >= 15 is 0 Å². The van der Waals surface area contributed by atoms with Crippen molar-refractivity contribution >= 4 is 15.9 Å². The van der Waals surface area contributed by atoms with Gasteiger partial charge in [0, 0.05) is 23.6 Å². The third-order valence-electron chi connectivity index (χ3n) is 2.76. The maximum absolute atomic E-state index is 10.1. The monoisotopic (exact) mass is 294 g/mol. The fraction of sp³-hybridized carbons (Fsp3) is 0.308. The van der Waals surface area contributed by atoms with E-state index in [0.29, 0.717) is 6.42 Å². The van der Waals surface area contributed by atoms with Crippen molar-refractivity contribution in [2.24, 2.45) is 7.05 Å². The molecule has 1 aromatic heterocycles. The van der Waals surface area contributed by atoms with Crippen molar-refractivity contribution in [3.8, 4) is 0 Å². The van der Waals surface area contributed by atoms with Crippen LogP contribution in [0.4, 0.5) is 0 Å². The van der Waals surface area contributed by atoms with E-state index in [2.05, 4.69) is 21.0 Å². The molecule has 17 heavy (non-hydrogen) atoms. The van der Waals surface area contributed by atoms with Crippen LogP contribution in [0.25, 0.3) is 0 Å². The van der Waals surface area contributed by atoms with E-state index in [1.165, 1.54) is 0 Å². The lowest BCUT2D eigenvalue weighted by Crippen LogP contribution is -2.06. The molecule has 3 nitrogen and oxygen atoms in total. The van der Waals surface area contributed by atoms with Gasteiger partial charge in [-0.3, -0.25) is 4.68 Å². The molecule has 2 rings (SSSR count). The second kappa shape index (κ2) is 5.02. The molecule has 2 aromatic rings. The Bertz CT molecular complexity index is 505. The van der Waals surface area contributed by atoms with Crippen LogP contribution >= 0.6 is 15.9 Å². The van der Waals surface area contributed by atoms with E-state index in [1.807, 2.05) is 49.0 Å². The molecule has 1 heterocycles. The van der Waals surface area contributed by atoms with E-state index in [1.54, 1.807) is 0 Å². The van der Waals surface area contributed by atoms with Crippen molar-refractivity contribution in [1.82, 2.24) is 9.78 Å². The SMILES string of the molecule is Cc1cc(CC(O)c2ccc(Br)cc2)n(C)n1. The van der Waals surface area contributed by atoms with Gasteiger partial charge in [0.15, 0.2) is 0 Å². The Hall–Kier alpha value is -1.13. The third-order valence-corrected chi connectivity index (χ3v) is 3.28. The first kappa shape index (κ1) is 12.3. The third kappa shape index (κ3) is 2.96. The average molecular weight is 295 g/mol. The molecule has 0 saturated carbocycles. The van der Waals surface area contributed by atoms with Crippen molar-refractivity contribution < 1.29 is 5.11 Å². The average Bonchev–Trinajstić information content (AvgIpc) is 2.58. The molecule has 0 aliphatic rings. The first-order chi connectivity index (χ1) is 8.06. The maximum Gasteiger partial charge on any atom is 0.0845 e. The molecule has 1 aromatic carbocycles. The van der Waals surface area contributed by atoms with Crippen molar-refractivity contribution in [2.45, 2.75) is 19.4 Å². The van der Waals surface area contributed by atoms with Gasteiger partial charge in [0.1, 0.15) is 0 Å². The Kier molecular flexibility index (Phi) is 3.64. The normalized spacial score (nSPS) is 12.7. The molecule has 0 aliphatic carbocycles. The summed E-state index contributed by atoms with van der Waals surface area (Å²) in [5, 5.41) is 14.4. The van der Waals surface area contributed by atoms with Gasteiger partial charge in [-0.15, -0.1) is 0 Å². The highest BCUT2D eigenvalue weighted by atomic mass is 79.9. The zero-order valence-corrected chi connectivity index (χ0v) is 11.5. The van der Waals surface area contributed by atoms with Gasteiger partial charge in [0.2, 0.25) is 0 Å². The van der Waals surface area contributed by atoms with E-state index in [4.69, 9.17) is 0 Å². The number of nitrogens with zero attached hydrogens (tertiary/aromatic N) is 2. The summed E-state index contributed by atoms with van der Waals surface area (Å²) < 4.78 is 2.84. The molecular weight excluding hydrogens is 280 g/mol. The second-order valence-electron chi connectivity index (χ2n) is 4.17. The van der Waals surface area contributed by atoms with Crippen LogP contribution in [-0.2, 0) is 13.5 Å². The van der Waals surface area contributed by atoms with Crippen LogP contribution < -0.4 is 0 Å². The lowest BCUT2D eigenvalue weighted by Gasteiger charge is -2.11. The van der Waals surface area contributed by atoms with Crippen LogP contribution in [0.1, 0.15) is 23.1 Å². The van der Waals surface area contributed by atoms with Crippen molar-refractivity contribution in [1.29, 1.82) is 0 Å². The predicted octanol–water partition coefficient (Wildman–Crippen LogP) is 2.77. The van der Waals surface area contributed by atoms with Crippen LogP contribution in [0.5, 0.6) is 0 Å². The van der Waals surface area contributed by atoms with Gasteiger partial charge in [-0.1, -0.05) is 28.1 Å². The number of halogens is 1. The molecule has 1 N–H and O–H groups in total. The maximum atomic E-state index is 10.1. The van der Waals surface area contributed by atoms with Gasteiger partial charge in [0.25, 0.3) is 0 Å². The number of aliphatic hydroxyl groups excluding tert-OH is 1. The molecule has 0 radical (unpaired) electrons. The number of rotatable bonds is 3. The summed E-state index contributed by atoms with van der Waals surface area (Å²) >= 11 is 3.38. The van der Waals surface area contributed by atoms with Crippen molar-refractivity contribution in [2.75, 3.05) is 0 Å². The Morgan fingerprint density at radius 1 is 1.35 bits per heavy atom. The Balaban J connectivity index is 2.13. The standard InChI is InChI=1S/C13H15BrN2O/c1-9-7-12(16(2)15-9)8-13(17)10-3-5-11(14)6-4-10/h3-7,13,17H,8H2,1-2H3. The zero-order chi connectivity index (χ0) is 12.4. The molecular formula is C13H15BrN2O. The topological polar surface area (TPSA) is 38.0 Å². The van der Waals surface area contributed by atoms with Crippen LogP contribution in [0.2, 0.25) is 0 Å². The van der Waals surface area contributed by atoms with Gasteiger partial charge in [-0.25, -0.2) is 0 Å². The highest BCUT2D eigenvalue weighted by Gasteiger charge is 2.11. The lowest BCUT2D eigenvalue weighted by molar-refractivity contribution is 0.176. The summed E-state index contributed by atoms with van der Waals surface area (Å²) in [4.78, 5) is 0. The van der Waals surface area contributed by atoms with E-state index in [0.717, 1.165) is 21.4 Å². The number of aryl methyl sites for hydroxylation is 2. The number of hydrogen-bond donors (Lipinski definition) is 1. The van der Waals surface area contributed by atoms with E-state index < -0.39 is 6.10 Å². The fourth-order valence-electron chi connectivity index (χ4n) is 1.86. The minimum atomic E-state index is -0.488. The van der Waals surface area contributed by atoms with Gasteiger partial charge in [-0.2, -0.15) is 5.10 Å². The quantitative estimate of drug-likeness (QED) is 0.945. The molecule has 0 bridgehead atoms. The molecule has 0 spiro atoms. The number of benzene rings is 1. The molecule has 1 unspecified atom stereocenters. The molecule has 0 aliphatic heterocycles. The number of aliphatic hydroxyl groups is 1. The van der Waals surface area contributed by atoms with Crippen LogP contribution in [0, 0.1) is 6.92 Å². The smallest absolute Gasteiger partial charge is 0.0845 e. The van der Waals surface area contributed by atoms with Crippen LogP contribution in [0.15, 0.2) is 34.8 Å². The molecule has 4 heteroatoms. The fourth-order valence-corrected chi connectivity index (χ4v) is 2.12. The van der Waals surface area contributed by atoms with Gasteiger partial charge >= 0.3 is 0 Å². The minimum absolute atomic E-state index is 0.488. The van der Waals surface area contributed by atoms with Crippen LogP contribution in [-0.4, -0.2) is 14.9 Å². The van der Waals surface area contributed by atoms with Crippen molar-refractivity contribution in [3.63, 3.8) is 0 Å². The molecule has 0 saturated heterocycles. The predicted molar refractivity (Wildman–Crippen MR) is 70.8 cm³/mol. The van der Waals surface area contributed by atoms with Crippen LogP contribution in [0.3, 0.4) is 0 Å². The number of hydrogen-bond acceptors (Lipinski definition) is 2. The summed E-state index contributed by atoms with van der Waals surface area (Å²) in [6.07, 6.45) is 0.0943.